The third kappa shape index (κ3) is 5.82. The average Bonchev–Trinajstić information content (AvgIpc) is 3.07. The highest BCUT2D eigenvalue weighted by molar-refractivity contribution is 6.34. The van der Waals surface area contributed by atoms with Crippen LogP contribution in [-0.4, -0.2) is 50.9 Å². The Kier molecular flexibility index (Phi) is 7.56. The number of halogens is 5. The van der Waals surface area contributed by atoms with Crippen molar-refractivity contribution in [2.45, 2.75) is 37.6 Å². The zero-order valence-corrected chi connectivity index (χ0v) is 19.1. The molecule has 0 saturated carbocycles. The number of nitrogens with one attached hydrogen (secondary N) is 1. The second-order valence-electron chi connectivity index (χ2n) is 7.62. The number of aliphatic carboxylic acids is 1. The number of carbonyl (C=O) groups excluding carboxylic acids is 3. The first-order chi connectivity index (χ1) is 16.3. The molecule has 1 aromatic carbocycles. The molecule has 4 N–H and O–H groups in total. The molecule has 2 heterocycles. The fraction of sp³-hybridized carbons (Fsp3) is 0.286. The van der Waals surface area contributed by atoms with E-state index in [4.69, 9.17) is 34.0 Å². The first kappa shape index (κ1) is 26.2. The van der Waals surface area contributed by atoms with Crippen LogP contribution in [0.5, 0.6) is 0 Å². The van der Waals surface area contributed by atoms with Crippen LogP contribution in [0, 0.1) is 0 Å². The molecule has 0 spiro atoms. The first-order valence-electron chi connectivity index (χ1n) is 9.93. The van der Waals surface area contributed by atoms with Gasteiger partial charge in [0.15, 0.2) is 6.04 Å². The van der Waals surface area contributed by atoms with Crippen LogP contribution in [0.1, 0.15) is 50.9 Å². The van der Waals surface area contributed by atoms with Crippen molar-refractivity contribution < 1.29 is 37.5 Å². The molecule has 0 bridgehead atoms. The number of fused-ring (bicyclic) bond motifs is 1. The van der Waals surface area contributed by atoms with E-state index in [2.05, 4.69) is 4.98 Å². The lowest BCUT2D eigenvalue weighted by molar-refractivity contribution is -0.156. The van der Waals surface area contributed by atoms with Crippen LogP contribution in [0.25, 0.3) is 0 Å². The number of benzene rings is 1. The summed E-state index contributed by atoms with van der Waals surface area (Å²) in [6.45, 7) is -0.185. The molecular formula is C21H17Cl2F3N4O5. The number of nitrogens with two attached hydrogens (primary N) is 1. The van der Waals surface area contributed by atoms with E-state index in [1.165, 1.54) is 12.1 Å². The molecule has 186 valence electrons. The fourth-order valence-electron chi connectivity index (χ4n) is 3.61. The minimum Gasteiger partial charge on any atom is -0.481 e. The molecule has 3 rings (SSSR count). The molecule has 0 aliphatic carbocycles. The summed E-state index contributed by atoms with van der Waals surface area (Å²) in [5, 5.41) is 10.3. The van der Waals surface area contributed by atoms with Crippen LogP contribution < -0.4 is 11.1 Å². The highest BCUT2D eigenvalue weighted by atomic mass is 35.5. The number of carboxylic acid groups (broad SMARTS) is 1. The second-order valence-corrected chi connectivity index (χ2v) is 8.47. The number of pyridine rings is 1. The average molecular weight is 533 g/mol. The van der Waals surface area contributed by atoms with Crippen LogP contribution in [0.3, 0.4) is 0 Å². The van der Waals surface area contributed by atoms with Crippen LogP contribution >= 0.6 is 23.2 Å². The van der Waals surface area contributed by atoms with Gasteiger partial charge in [0.25, 0.3) is 11.8 Å². The number of nitrogens with zero attached hydrogens (tertiary/aromatic N) is 2. The summed E-state index contributed by atoms with van der Waals surface area (Å²) < 4.78 is 41.1. The summed E-state index contributed by atoms with van der Waals surface area (Å²) >= 11 is 11.5. The van der Waals surface area contributed by atoms with Gasteiger partial charge in [-0.2, -0.15) is 13.2 Å². The zero-order chi connectivity index (χ0) is 26.1. The van der Waals surface area contributed by atoms with Gasteiger partial charge in [-0.05, 0) is 36.2 Å². The van der Waals surface area contributed by atoms with Crippen molar-refractivity contribution in [3.05, 3.63) is 62.9 Å². The van der Waals surface area contributed by atoms with Gasteiger partial charge in [0.2, 0.25) is 5.91 Å². The minimum absolute atomic E-state index is 0.0106. The number of hydrogen-bond acceptors (Lipinski definition) is 5. The highest BCUT2D eigenvalue weighted by Crippen LogP contribution is 2.36. The molecule has 0 saturated heterocycles. The summed E-state index contributed by atoms with van der Waals surface area (Å²) in [5.41, 5.74) is 4.85. The third-order valence-corrected chi connectivity index (χ3v) is 5.76. The number of carboxylic acids is 1. The molecule has 1 unspecified atom stereocenters. The molecular weight excluding hydrogens is 516 g/mol. The predicted octanol–water partition coefficient (Wildman–Crippen LogP) is 3.10. The summed E-state index contributed by atoms with van der Waals surface area (Å²) in [6.07, 6.45) is -4.62. The summed E-state index contributed by atoms with van der Waals surface area (Å²) in [5.74, 6) is -3.84. The maximum Gasteiger partial charge on any atom is 0.414 e. The Morgan fingerprint density at radius 1 is 1.23 bits per heavy atom. The Labute approximate surface area is 206 Å². The lowest BCUT2D eigenvalue weighted by Crippen LogP contribution is -2.45. The van der Waals surface area contributed by atoms with Crippen LogP contribution in [0.4, 0.5) is 13.2 Å². The van der Waals surface area contributed by atoms with Gasteiger partial charge < -0.3 is 21.1 Å². The van der Waals surface area contributed by atoms with Crippen molar-refractivity contribution in [3.8, 4) is 0 Å². The normalized spacial score (nSPS) is 14.9. The van der Waals surface area contributed by atoms with Gasteiger partial charge in [0.05, 0.1) is 15.7 Å². The van der Waals surface area contributed by atoms with Gasteiger partial charge in [-0.15, -0.1) is 0 Å². The van der Waals surface area contributed by atoms with Crippen LogP contribution in [0.15, 0.2) is 30.5 Å². The smallest absolute Gasteiger partial charge is 0.414 e. The Bertz CT molecular complexity index is 1210. The van der Waals surface area contributed by atoms with Crippen molar-refractivity contribution >= 4 is 46.9 Å². The van der Waals surface area contributed by atoms with Crippen molar-refractivity contribution in [2.24, 2.45) is 5.73 Å². The van der Waals surface area contributed by atoms with Gasteiger partial charge >= 0.3 is 12.1 Å². The summed E-state index contributed by atoms with van der Waals surface area (Å²) in [7, 11) is 0. The lowest BCUT2D eigenvalue weighted by atomic mass is 10.0. The van der Waals surface area contributed by atoms with Crippen molar-refractivity contribution in [1.29, 1.82) is 0 Å². The molecule has 9 nitrogen and oxygen atoms in total. The molecule has 1 aliphatic heterocycles. The van der Waals surface area contributed by atoms with Gasteiger partial charge in [0.1, 0.15) is 6.04 Å². The number of rotatable bonds is 8. The molecule has 35 heavy (non-hydrogen) atoms. The number of amides is 3. The maximum absolute atomic E-state index is 13.7. The first-order valence-corrected chi connectivity index (χ1v) is 10.7. The topological polar surface area (TPSA) is 143 Å². The van der Waals surface area contributed by atoms with Gasteiger partial charge in [-0.1, -0.05) is 23.2 Å². The monoisotopic (exact) mass is 532 g/mol. The molecule has 0 radical (unpaired) electrons. The SMILES string of the molecule is NC(=O)C(CCC(=O)O)N1Cc2cc(C(=O)N[C@H](c3ncc(Cl)cc3Cl)C(F)(F)F)ccc2C1=O. The van der Waals surface area contributed by atoms with Gasteiger partial charge in [-0.25, -0.2) is 0 Å². The quantitative estimate of drug-likeness (QED) is 0.476. The minimum atomic E-state index is -4.94. The van der Waals surface area contributed by atoms with E-state index in [-0.39, 0.29) is 34.7 Å². The Morgan fingerprint density at radius 2 is 1.91 bits per heavy atom. The third-order valence-electron chi connectivity index (χ3n) is 5.25. The molecule has 0 fully saturated rings. The molecule has 14 heteroatoms. The van der Waals surface area contributed by atoms with Crippen molar-refractivity contribution in [3.63, 3.8) is 0 Å². The Morgan fingerprint density at radius 3 is 2.49 bits per heavy atom. The number of hydrogen-bond donors (Lipinski definition) is 3. The zero-order valence-electron chi connectivity index (χ0n) is 17.6. The van der Waals surface area contributed by atoms with E-state index in [1.807, 2.05) is 5.32 Å². The number of aromatic nitrogens is 1. The molecule has 2 aromatic rings. The fourth-order valence-corrected chi connectivity index (χ4v) is 4.09. The van der Waals surface area contributed by atoms with Crippen molar-refractivity contribution in [2.75, 3.05) is 0 Å². The van der Waals surface area contributed by atoms with Gasteiger partial charge in [-0.3, -0.25) is 24.2 Å². The number of primary amides is 1. The summed E-state index contributed by atoms with van der Waals surface area (Å²) in [4.78, 5) is 52.7. The van der Waals surface area contributed by atoms with E-state index < -0.39 is 59.1 Å². The number of carbonyl (C=O) groups is 4. The Hall–Kier alpha value is -3.38. The molecule has 3 amide bonds. The van der Waals surface area contributed by atoms with E-state index in [0.29, 0.717) is 0 Å². The second kappa shape index (κ2) is 10.1. The molecule has 1 aromatic heterocycles. The largest absolute Gasteiger partial charge is 0.481 e. The van der Waals surface area contributed by atoms with E-state index in [9.17, 15) is 32.3 Å². The molecule has 1 aliphatic rings. The van der Waals surface area contributed by atoms with E-state index in [0.717, 1.165) is 23.2 Å². The standard InChI is InChI=1S/C21H17Cl2F3N4O5/c22-11-6-13(23)16(28-7-11)17(21(24,25)26)29-19(34)9-1-2-12-10(5-9)8-30(20(12)35)14(18(27)33)3-4-15(31)32/h1-2,5-7,14,17H,3-4,8H2,(H2,27,33)(H,29,34)(H,31,32)/t14?,17-/m1/s1. The highest BCUT2D eigenvalue weighted by Gasteiger charge is 2.44. The van der Waals surface area contributed by atoms with Crippen LogP contribution in [0.2, 0.25) is 10.0 Å². The molecule has 2 atom stereocenters. The van der Waals surface area contributed by atoms with Crippen LogP contribution in [-0.2, 0) is 16.1 Å². The lowest BCUT2D eigenvalue weighted by Gasteiger charge is -2.24. The van der Waals surface area contributed by atoms with Crippen molar-refractivity contribution in [1.82, 2.24) is 15.2 Å². The predicted molar refractivity (Wildman–Crippen MR) is 117 cm³/mol. The summed E-state index contributed by atoms with van der Waals surface area (Å²) in [6, 6.07) is 0.902. The maximum atomic E-state index is 13.7. The van der Waals surface area contributed by atoms with E-state index >= 15 is 0 Å². The van der Waals surface area contributed by atoms with Gasteiger partial charge in [0, 0.05) is 30.3 Å². The number of alkyl halides is 3. The van der Waals surface area contributed by atoms with E-state index in [1.54, 1.807) is 0 Å². The Balaban J connectivity index is 1.85.